The molecule has 0 aromatic rings. The molecule has 28 atom stereocenters. The minimum Gasteiger partial charge on any atom is -0.494 e. The van der Waals surface area contributed by atoms with E-state index in [9.17, 15) is 66.1 Å². The monoisotopic (exact) mass is 1030 g/mol. The summed E-state index contributed by atoms with van der Waals surface area (Å²) in [7, 11) is 0. The van der Waals surface area contributed by atoms with Crippen molar-refractivity contribution < 1.29 is 109 Å². The summed E-state index contributed by atoms with van der Waals surface area (Å²) in [6, 6.07) is 0. The predicted molar refractivity (Wildman–Crippen MR) is 243 cm³/mol. The second-order valence-corrected chi connectivity index (χ2v) is 23.1. The van der Waals surface area contributed by atoms with Crippen LogP contribution in [0.1, 0.15) is 91.9 Å². The number of aliphatic hydroxyl groups excluding tert-OH is 12. The van der Waals surface area contributed by atoms with Gasteiger partial charge in [0, 0.05) is 24.7 Å². The second kappa shape index (κ2) is 22.0. The highest BCUT2D eigenvalue weighted by atomic mass is 16.8. The van der Waals surface area contributed by atoms with Crippen molar-refractivity contribution in [3.8, 4) is 0 Å². The van der Waals surface area contributed by atoms with Crippen molar-refractivity contribution in [3.05, 3.63) is 11.3 Å². The van der Waals surface area contributed by atoms with Crippen molar-refractivity contribution in [2.45, 2.75) is 215 Å². The lowest BCUT2D eigenvalue weighted by atomic mass is 9.44. The van der Waals surface area contributed by atoms with Crippen LogP contribution in [-0.4, -0.2) is 223 Å². The number of carbonyl (C=O) groups is 1. The van der Waals surface area contributed by atoms with Gasteiger partial charge in [0.2, 0.25) is 0 Å². The Bertz CT molecular complexity index is 1890. The minimum absolute atomic E-state index is 0.0338. The van der Waals surface area contributed by atoms with Crippen LogP contribution in [0.2, 0.25) is 0 Å². The lowest BCUT2D eigenvalue weighted by Gasteiger charge is -2.60. The summed E-state index contributed by atoms with van der Waals surface area (Å²) < 4.78 is 53.2. The molecule has 4 saturated heterocycles. The van der Waals surface area contributed by atoms with E-state index in [-0.39, 0.29) is 59.6 Å². The van der Waals surface area contributed by atoms with Crippen LogP contribution in [0.4, 0.5) is 0 Å². The fourth-order valence-electron chi connectivity index (χ4n) is 14.5. The predicted octanol–water partition coefficient (Wildman–Crippen LogP) is -2.16. The summed E-state index contributed by atoms with van der Waals surface area (Å²) in [5.74, 6) is 2.23. The number of hydrogen-bond acceptors (Lipinski definition) is 22. The fraction of sp³-hybridized carbons (Fsp3) is 0.940. The number of allylic oxidation sites excluding steroid dienone is 1. The topological polar surface area (TPSA) is 343 Å². The molecule has 4 saturated carbocycles. The Morgan fingerprint density at radius 1 is 0.667 bits per heavy atom. The first-order valence-electron chi connectivity index (χ1n) is 26.2. The van der Waals surface area contributed by atoms with Gasteiger partial charge in [0.1, 0.15) is 97.3 Å². The highest BCUT2D eigenvalue weighted by Crippen LogP contribution is 2.69. The first kappa shape index (κ1) is 55.2. The van der Waals surface area contributed by atoms with Crippen LogP contribution in [0.5, 0.6) is 0 Å². The Morgan fingerprint density at radius 2 is 1.31 bits per heavy atom. The van der Waals surface area contributed by atoms with Gasteiger partial charge in [-0.25, -0.2) is 0 Å². The van der Waals surface area contributed by atoms with E-state index < -0.39 is 137 Å². The molecule has 0 bridgehead atoms. The lowest BCUT2D eigenvalue weighted by molar-refractivity contribution is -0.361. The van der Waals surface area contributed by atoms with E-state index in [1.165, 1.54) is 5.57 Å². The Kier molecular flexibility index (Phi) is 16.9. The van der Waals surface area contributed by atoms with E-state index in [1.807, 2.05) is 0 Å². The van der Waals surface area contributed by atoms with Crippen molar-refractivity contribution in [3.63, 3.8) is 0 Å². The van der Waals surface area contributed by atoms with Gasteiger partial charge in [0.25, 0.3) is 0 Å². The summed E-state index contributed by atoms with van der Waals surface area (Å²) >= 11 is 0. The molecule has 412 valence electrons. The number of carbonyl (C=O) groups excluding carboxylic acids is 1. The SMILES string of the molecule is CC1=C(CC[C@@H](C)CCO[C@@H]2O[C@H](CO)[C@@H](O)[C@H](O)[C@H]2O)OC2CC3C4CC(=O)[C@H]5C[C@@H](O[C@@H]6O[C@H](CO[C@@H]7OC[C@@H](O)C(O)[C@@H]7O)[C@@H](O[C@@H]7OC[C@@H](O)[C@H](O)[C@H]7O)[C@H](O)[C@H]6O)CC[C@]5(C)C4CC[C@]3(C)C12. The fourth-order valence-corrected chi connectivity index (χ4v) is 14.5. The van der Waals surface area contributed by atoms with Crippen molar-refractivity contribution in [1.29, 1.82) is 0 Å². The average Bonchev–Trinajstić information content (AvgIpc) is 3.84. The Hall–Kier alpha value is -1.59. The molecule has 4 aliphatic carbocycles. The number of Topliss-reactive ketones (excluding diaryl/α,β-unsaturated/α-hetero) is 1. The molecule has 6 unspecified atom stereocenters. The zero-order valence-corrected chi connectivity index (χ0v) is 41.6. The van der Waals surface area contributed by atoms with E-state index >= 15 is 0 Å². The highest BCUT2D eigenvalue weighted by Gasteiger charge is 2.66. The summed E-state index contributed by atoms with van der Waals surface area (Å²) in [6.07, 6.45) is -19.8. The van der Waals surface area contributed by atoms with Gasteiger partial charge >= 0.3 is 0 Å². The van der Waals surface area contributed by atoms with Gasteiger partial charge in [-0.1, -0.05) is 20.8 Å². The lowest BCUT2D eigenvalue weighted by Crippen LogP contribution is -2.64. The summed E-state index contributed by atoms with van der Waals surface area (Å²) in [6.45, 7) is 7.48. The average molecular weight is 1030 g/mol. The van der Waals surface area contributed by atoms with Crippen molar-refractivity contribution in [2.75, 3.05) is 33.0 Å². The second-order valence-electron chi connectivity index (χ2n) is 23.1. The van der Waals surface area contributed by atoms with Crippen LogP contribution < -0.4 is 0 Å². The normalized spacial score (nSPS) is 52.0. The summed E-state index contributed by atoms with van der Waals surface area (Å²) in [4.78, 5) is 14.5. The molecule has 0 spiro atoms. The number of rotatable bonds is 15. The maximum absolute atomic E-state index is 14.5. The molecule has 0 amide bonds. The number of aliphatic hydroxyl groups is 12. The van der Waals surface area contributed by atoms with E-state index in [0.717, 1.165) is 37.9 Å². The summed E-state index contributed by atoms with van der Waals surface area (Å²) in [5, 5.41) is 125. The standard InChI is InChI=1S/C50H80O22/c1-20(9-12-64-46-42(62)38(58)37(57)32(16-51)70-46)5-6-30-21(2)34-31(69-30)15-25-23-14-27(52)26-13-22(7-10-49(26,3)24(23)8-11-50(25,34)4)68-48-43(63)39(59)44(72-47-41(61)36(56)29(54)18-66-47)33(71-48)19-67-45-40(60)35(55)28(53)17-65-45/h20,22-26,28-29,31-48,51,53-63H,5-19H2,1-4H3/t20-,22+,23?,24?,25?,26-,28-,29-,31?,32-,33-,34?,35?,36+,37-,38+,39-,40+,41-,42-,43-,44-,45+,46-,47+,48-,49-,50+/m1/s1. The Morgan fingerprint density at radius 3 is 2.01 bits per heavy atom. The molecule has 5 heterocycles. The molecular formula is C50H80O22. The smallest absolute Gasteiger partial charge is 0.186 e. The minimum atomic E-state index is -1.74. The van der Waals surface area contributed by atoms with Gasteiger partial charge in [-0.15, -0.1) is 0 Å². The van der Waals surface area contributed by atoms with Crippen molar-refractivity contribution >= 4 is 5.78 Å². The number of hydrogen-bond donors (Lipinski definition) is 12. The van der Waals surface area contributed by atoms with Crippen LogP contribution >= 0.6 is 0 Å². The van der Waals surface area contributed by atoms with Crippen LogP contribution in [-0.2, 0) is 47.4 Å². The molecule has 72 heavy (non-hydrogen) atoms. The molecule has 0 radical (unpaired) electrons. The molecule has 0 aromatic heterocycles. The van der Waals surface area contributed by atoms with Gasteiger partial charge in [-0.05, 0) is 98.4 Å². The zero-order valence-electron chi connectivity index (χ0n) is 41.6. The Labute approximate surface area is 419 Å². The molecule has 0 aromatic carbocycles. The molecule has 9 rings (SSSR count). The van der Waals surface area contributed by atoms with Crippen LogP contribution in [0.3, 0.4) is 0 Å². The zero-order chi connectivity index (χ0) is 51.7. The molecule has 12 N–H and O–H groups in total. The molecule has 8 fully saturated rings. The van der Waals surface area contributed by atoms with Crippen LogP contribution in [0, 0.1) is 46.3 Å². The third-order valence-corrected chi connectivity index (χ3v) is 18.8. The first-order chi connectivity index (χ1) is 34.2. The third-order valence-electron chi connectivity index (χ3n) is 18.8. The maximum atomic E-state index is 14.5. The number of fused-ring (bicyclic) bond motifs is 7. The molecule has 9 aliphatic rings. The maximum Gasteiger partial charge on any atom is 0.186 e. The van der Waals surface area contributed by atoms with Gasteiger partial charge in [-0.3, -0.25) is 4.79 Å². The van der Waals surface area contributed by atoms with Gasteiger partial charge < -0.3 is 104 Å². The summed E-state index contributed by atoms with van der Waals surface area (Å²) in [5.41, 5.74) is 0.962. The van der Waals surface area contributed by atoms with Gasteiger partial charge in [-0.2, -0.15) is 0 Å². The first-order valence-corrected chi connectivity index (χ1v) is 26.2. The van der Waals surface area contributed by atoms with E-state index in [0.29, 0.717) is 43.9 Å². The highest BCUT2D eigenvalue weighted by molar-refractivity contribution is 5.83. The largest absolute Gasteiger partial charge is 0.494 e. The van der Waals surface area contributed by atoms with Gasteiger partial charge in [0.15, 0.2) is 25.2 Å². The molecule has 22 heteroatoms. The molecular weight excluding hydrogens is 953 g/mol. The molecule has 22 nitrogen and oxygen atoms in total. The number of ether oxygens (including phenoxy) is 9. The van der Waals surface area contributed by atoms with Crippen LogP contribution in [0.25, 0.3) is 0 Å². The van der Waals surface area contributed by atoms with E-state index in [4.69, 9.17) is 42.6 Å². The molecule has 5 aliphatic heterocycles. The van der Waals surface area contributed by atoms with Crippen molar-refractivity contribution in [1.82, 2.24) is 0 Å². The van der Waals surface area contributed by atoms with Crippen LogP contribution in [0.15, 0.2) is 11.3 Å². The third kappa shape index (κ3) is 10.2. The Balaban J connectivity index is 0.804. The quantitative estimate of drug-likeness (QED) is 0.0778. The van der Waals surface area contributed by atoms with E-state index in [1.54, 1.807) is 0 Å². The van der Waals surface area contributed by atoms with Crippen molar-refractivity contribution in [2.24, 2.45) is 46.3 Å². The van der Waals surface area contributed by atoms with E-state index in [2.05, 4.69) is 27.7 Å². The van der Waals surface area contributed by atoms with Gasteiger partial charge in [0.05, 0.1) is 44.9 Å². The number of ketones is 1.